The van der Waals surface area contributed by atoms with Gasteiger partial charge >= 0.3 is 5.69 Å². The van der Waals surface area contributed by atoms with Crippen LogP contribution in [0.1, 0.15) is 52.9 Å². The Morgan fingerprint density at radius 3 is 2.64 bits per heavy atom. The van der Waals surface area contributed by atoms with Gasteiger partial charge in [-0.2, -0.15) is 0 Å². The first-order valence-corrected chi connectivity index (χ1v) is 9.45. The van der Waals surface area contributed by atoms with E-state index in [2.05, 4.69) is 15.3 Å². The van der Waals surface area contributed by atoms with E-state index in [1.807, 2.05) is 32.0 Å². The summed E-state index contributed by atoms with van der Waals surface area (Å²) in [5, 5.41) is 3.05. The highest BCUT2D eigenvalue weighted by atomic mass is 16.2. The molecule has 4 rings (SSSR count). The summed E-state index contributed by atoms with van der Waals surface area (Å²) in [4.78, 5) is 44.8. The zero-order valence-corrected chi connectivity index (χ0v) is 16.1. The number of anilines is 1. The highest BCUT2D eigenvalue weighted by molar-refractivity contribution is 6.12. The van der Waals surface area contributed by atoms with Gasteiger partial charge in [-0.15, -0.1) is 0 Å². The summed E-state index contributed by atoms with van der Waals surface area (Å²) in [5.74, 6) is -0.107. The molecule has 0 saturated heterocycles. The van der Waals surface area contributed by atoms with Crippen molar-refractivity contribution in [3.05, 3.63) is 67.5 Å². The summed E-state index contributed by atoms with van der Waals surface area (Å²) in [7, 11) is 0. The molecule has 7 nitrogen and oxygen atoms in total. The van der Waals surface area contributed by atoms with Crippen LogP contribution < -0.4 is 16.6 Å². The average Bonchev–Trinajstić information content (AvgIpc) is 3.48. The van der Waals surface area contributed by atoms with E-state index in [0.717, 1.165) is 29.7 Å². The predicted octanol–water partition coefficient (Wildman–Crippen LogP) is 2.85. The monoisotopic (exact) mass is 378 g/mol. The fourth-order valence-electron chi connectivity index (χ4n) is 3.50. The summed E-state index contributed by atoms with van der Waals surface area (Å²) in [5.41, 5.74) is 2.89. The van der Waals surface area contributed by atoms with Crippen LogP contribution >= 0.6 is 0 Å². The van der Waals surface area contributed by atoms with Crippen LogP contribution in [0.5, 0.6) is 0 Å². The molecular weight excluding hydrogens is 356 g/mol. The molecule has 1 amide bonds. The lowest BCUT2D eigenvalue weighted by Crippen LogP contribution is -2.32. The topological polar surface area (TPSA) is 96.9 Å². The molecule has 0 unspecified atom stereocenters. The highest BCUT2D eigenvalue weighted by Crippen LogP contribution is 2.40. The summed E-state index contributed by atoms with van der Waals surface area (Å²) < 4.78 is 1.40. The maximum Gasteiger partial charge on any atom is 0.329 e. The van der Waals surface area contributed by atoms with Gasteiger partial charge in [-0.3, -0.25) is 19.1 Å². The fraction of sp³-hybridized carbons (Fsp3) is 0.333. The highest BCUT2D eigenvalue weighted by Gasteiger charge is 2.28. The Bertz CT molecular complexity index is 1220. The molecule has 3 aromatic rings. The van der Waals surface area contributed by atoms with Crippen molar-refractivity contribution in [2.45, 2.75) is 46.1 Å². The normalized spacial score (nSPS) is 13.7. The van der Waals surface area contributed by atoms with E-state index >= 15 is 0 Å². The smallest absolute Gasteiger partial charge is 0.322 e. The molecule has 1 fully saturated rings. The molecule has 2 aromatic heterocycles. The fourth-order valence-corrected chi connectivity index (χ4v) is 3.50. The van der Waals surface area contributed by atoms with Crippen molar-refractivity contribution in [1.29, 1.82) is 0 Å². The molecule has 28 heavy (non-hydrogen) atoms. The largest absolute Gasteiger partial charge is 0.329 e. The van der Waals surface area contributed by atoms with Crippen LogP contribution in [-0.4, -0.2) is 20.4 Å². The van der Waals surface area contributed by atoms with Crippen LogP contribution in [0, 0.1) is 13.8 Å². The first kappa shape index (κ1) is 18.2. The van der Waals surface area contributed by atoms with Crippen LogP contribution in [0.2, 0.25) is 0 Å². The van der Waals surface area contributed by atoms with Gasteiger partial charge in [-0.05, 0) is 51.3 Å². The van der Waals surface area contributed by atoms with Crippen LogP contribution in [0.4, 0.5) is 5.69 Å². The standard InChI is InChI=1S/C21H22N4O3/c1-4-25-18-17(20(27)24-21(25)28)14(10-16(22-18)13-6-7-13)19(26)23-15-8-5-11(2)9-12(15)3/h5,8-10,13H,4,6-7H2,1-3H3,(H,23,26)(H,24,27,28). The Labute approximate surface area is 161 Å². The number of amides is 1. The molecule has 1 saturated carbocycles. The molecule has 1 aliphatic carbocycles. The lowest BCUT2D eigenvalue weighted by atomic mass is 10.1. The molecule has 0 bridgehead atoms. The first-order valence-electron chi connectivity index (χ1n) is 9.45. The maximum absolute atomic E-state index is 13.1. The number of aromatic nitrogens is 3. The molecule has 2 N–H and O–H groups in total. The number of fused-ring (bicyclic) bond motifs is 1. The van der Waals surface area contributed by atoms with Gasteiger partial charge in [0.05, 0.1) is 10.9 Å². The molecule has 0 atom stereocenters. The van der Waals surface area contributed by atoms with Gasteiger partial charge < -0.3 is 5.32 Å². The van der Waals surface area contributed by atoms with Gasteiger partial charge in [0.25, 0.3) is 11.5 Å². The van der Waals surface area contributed by atoms with Gasteiger partial charge in [-0.1, -0.05) is 17.7 Å². The Balaban J connectivity index is 1.91. The molecule has 2 heterocycles. The zero-order chi connectivity index (χ0) is 20.0. The minimum atomic E-state index is -0.592. The second-order valence-corrected chi connectivity index (χ2v) is 7.34. The number of hydrogen-bond donors (Lipinski definition) is 2. The van der Waals surface area contributed by atoms with Crippen molar-refractivity contribution >= 4 is 22.6 Å². The van der Waals surface area contributed by atoms with Crippen molar-refractivity contribution in [2.75, 3.05) is 5.32 Å². The number of aromatic amines is 1. The van der Waals surface area contributed by atoms with Crippen LogP contribution in [-0.2, 0) is 6.54 Å². The van der Waals surface area contributed by atoms with Crippen LogP contribution in [0.3, 0.4) is 0 Å². The molecule has 144 valence electrons. The third-order valence-corrected chi connectivity index (χ3v) is 5.16. The van der Waals surface area contributed by atoms with Crippen molar-refractivity contribution < 1.29 is 4.79 Å². The van der Waals surface area contributed by atoms with E-state index in [1.54, 1.807) is 13.0 Å². The molecule has 7 heteroatoms. The number of nitrogens with one attached hydrogen (secondary N) is 2. The van der Waals surface area contributed by atoms with Crippen molar-refractivity contribution in [3.8, 4) is 0 Å². The number of rotatable bonds is 4. The lowest BCUT2D eigenvalue weighted by molar-refractivity contribution is 0.102. The second-order valence-electron chi connectivity index (χ2n) is 7.34. The van der Waals surface area contributed by atoms with Gasteiger partial charge in [0.15, 0.2) is 5.65 Å². The van der Waals surface area contributed by atoms with E-state index < -0.39 is 11.2 Å². The number of nitrogens with zero attached hydrogens (tertiary/aromatic N) is 2. The number of benzene rings is 1. The van der Waals surface area contributed by atoms with Crippen molar-refractivity contribution in [2.24, 2.45) is 0 Å². The summed E-state index contributed by atoms with van der Waals surface area (Å²) in [6.45, 7) is 6.07. The van der Waals surface area contributed by atoms with Gasteiger partial charge in [0, 0.05) is 23.8 Å². The zero-order valence-electron chi connectivity index (χ0n) is 16.1. The summed E-state index contributed by atoms with van der Waals surface area (Å²) >= 11 is 0. The van der Waals surface area contributed by atoms with E-state index in [4.69, 9.17) is 0 Å². The lowest BCUT2D eigenvalue weighted by Gasteiger charge is -2.13. The quantitative estimate of drug-likeness (QED) is 0.729. The molecule has 0 radical (unpaired) electrons. The van der Waals surface area contributed by atoms with E-state index in [9.17, 15) is 14.4 Å². The van der Waals surface area contributed by atoms with Crippen LogP contribution in [0.25, 0.3) is 11.0 Å². The molecule has 1 aliphatic rings. The van der Waals surface area contributed by atoms with Crippen LogP contribution in [0.15, 0.2) is 33.9 Å². The number of aryl methyl sites for hydroxylation is 3. The van der Waals surface area contributed by atoms with Gasteiger partial charge in [0.1, 0.15) is 0 Å². The Hall–Kier alpha value is -3.22. The van der Waals surface area contributed by atoms with E-state index in [-0.39, 0.29) is 28.4 Å². The summed E-state index contributed by atoms with van der Waals surface area (Å²) in [6.07, 6.45) is 1.99. The Morgan fingerprint density at radius 2 is 2.00 bits per heavy atom. The minimum absolute atomic E-state index is 0.146. The first-order chi connectivity index (χ1) is 13.4. The second kappa shape index (κ2) is 6.74. The third-order valence-electron chi connectivity index (χ3n) is 5.16. The number of carbonyl (C=O) groups is 1. The third kappa shape index (κ3) is 3.13. The van der Waals surface area contributed by atoms with E-state index in [0.29, 0.717) is 12.2 Å². The summed E-state index contributed by atoms with van der Waals surface area (Å²) in [6, 6.07) is 7.44. The minimum Gasteiger partial charge on any atom is -0.322 e. The SMILES string of the molecule is CCn1c(=O)[nH]c(=O)c2c(C(=O)Nc3ccc(C)cc3C)cc(C3CC3)nc21. The van der Waals surface area contributed by atoms with Crippen molar-refractivity contribution in [3.63, 3.8) is 0 Å². The Morgan fingerprint density at radius 1 is 1.25 bits per heavy atom. The molecular formula is C21H22N4O3. The Kier molecular flexibility index (Phi) is 4.37. The molecule has 1 aromatic carbocycles. The number of hydrogen-bond acceptors (Lipinski definition) is 4. The molecule has 0 spiro atoms. The van der Waals surface area contributed by atoms with E-state index in [1.165, 1.54) is 4.57 Å². The maximum atomic E-state index is 13.1. The van der Waals surface area contributed by atoms with Crippen molar-refractivity contribution in [1.82, 2.24) is 14.5 Å². The van der Waals surface area contributed by atoms with Gasteiger partial charge in [0.2, 0.25) is 0 Å². The predicted molar refractivity (Wildman–Crippen MR) is 108 cm³/mol. The average molecular weight is 378 g/mol. The number of H-pyrrole nitrogens is 1. The van der Waals surface area contributed by atoms with Gasteiger partial charge in [-0.25, -0.2) is 9.78 Å². The number of pyridine rings is 1. The molecule has 0 aliphatic heterocycles. The number of carbonyl (C=O) groups excluding carboxylic acids is 1.